The Morgan fingerprint density at radius 3 is 2.58 bits per heavy atom. The van der Waals surface area contributed by atoms with E-state index < -0.39 is 5.41 Å². The molecule has 2 aliphatic heterocycles. The van der Waals surface area contributed by atoms with Crippen molar-refractivity contribution in [2.75, 3.05) is 32.8 Å². The Morgan fingerprint density at radius 1 is 1.10 bits per heavy atom. The van der Waals surface area contributed by atoms with Crippen LogP contribution in [0.25, 0.3) is 11.1 Å². The van der Waals surface area contributed by atoms with Gasteiger partial charge in [0.25, 0.3) is 0 Å². The number of carbonyl (C=O) groups excluding carboxylic acids is 2. The van der Waals surface area contributed by atoms with Crippen molar-refractivity contribution in [3.63, 3.8) is 0 Å². The maximum atomic E-state index is 13.3. The fourth-order valence-electron chi connectivity index (χ4n) is 4.57. The van der Waals surface area contributed by atoms with Crippen LogP contribution >= 0.6 is 0 Å². The van der Waals surface area contributed by atoms with E-state index >= 15 is 0 Å². The summed E-state index contributed by atoms with van der Waals surface area (Å²) < 4.78 is 18.8. The number of halogens is 1. The van der Waals surface area contributed by atoms with Crippen molar-refractivity contribution >= 4 is 11.8 Å². The van der Waals surface area contributed by atoms with Crippen LogP contribution in [0.15, 0.2) is 48.5 Å². The third-order valence-electron chi connectivity index (χ3n) is 6.42. The summed E-state index contributed by atoms with van der Waals surface area (Å²) in [6.07, 6.45) is 3.47. The zero-order chi connectivity index (χ0) is 21.7. The molecular weight excluding hydrogens is 395 g/mol. The molecule has 0 aliphatic carbocycles. The molecule has 2 heterocycles. The third kappa shape index (κ3) is 5.13. The van der Waals surface area contributed by atoms with Crippen molar-refractivity contribution in [2.45, 2.75) is 32.1 Å². The fourth-order valence-corrected chi connectivity index (χ4v) is 4.57. The highest BCUT2D eigenvalue weighted by Crippen LogP contribution is 2.35. The molecular formula is C25H29FN2O3. The normalized spacial score (nSPS) is 18.2. The van der Waals surface area contributed by atoms with Crippen LogP contribution in [0.2, 0.25) is 0 Å². The van der Waals surface area contributed by atoms with Gasteiger partial charge in [0.2, 0.25) is 11.8 Å². The zero-order valence-electron chi connectivity index (χ0n) is 17.7. The number of carbonyl (C=O) groups is 2. The van der Waals surface area contributed by atoms with Crippen LogP contribution < -0.4 is 5.32 Å². The summed E-state index contributed by atoms with van der Waals surface area (Å²) in [5.74, 6) is -0.0457. The average molecular weight is 425 g/mol. The van der Waals surface area contributed by atoms with Crippen LogP contribution in [0, 0.1) is 11.2 Å². The largest absolute Gasteiger partial charge is 0.381 e. The van der Waals surface area contributed by atoms with Crippen LogP contribution in [0.3, 0.4) is 0 Å². The molecule has 6 heteroatoms. The second-order valence-electron chi connectivity index (χ2n) is 8.52. The third-order valence-corrected chi connectivity index (χ3v) is 6.42. The van der Waals surface area contributed by atoms with E-state index in [9.17, 15) is 14.0 Å². The maximum absolute atomic E-state index is 13.3. The molecule has 0 unspecified atom stereocenters. The molecule has 2 fully saturated rings. The topological polar surface area (TPSA) is 58.6 Å². The summed E-state index contributed by atoms with van der Waals surface area (Å²) in [5, 5.41) is 3.08. The number of hydrogen-bond acceptors (Lipinski definition) is 3. The summed E-state index contributed by atoms with van der Waals surface area (Å²) in [7, 11) is 0. The number of rotatable bonds is 7. The molecule has 4 rings (SSSR count). The molecule has 0 bridgehead atoms. The summed E-state index contributed by atoms with van der Waals surface area (Å²) >= 11 is 0. The van der Waals surface area contributed by atoms with Crippen LogP contribution in [0.1, 0.15) is 31.2 Å². The van der Waals surface area contributed by atoms with E-state index in [4.69, 9.17) is 4.74 Å². The number of nitrogens with one attached hydrogen (secondary N) is 1. The summed E-state index contributed by atoms with van der Waals surface area (Å²) in [5.41, 5.74) is 2.51. The number of hydrogen-bond donors (Lipinski definition) is 1. The van der Waals surface area contributed by atoms with Gasteiger partial charge in [-0.3, -0.25) is 9.59 Å². The van der Waals surface area contributed by atoms with Gasteiger partial charge in [-0.2, -0.15) is 0 Å². The molecule has 1 N–H and O–H groups in total. The highest BCUT2D eigenvalue weighted by Gasteiger charge is 2.40. The van der Waals surface area contributed by atoms with Crippen molar-refractivity contribution < 1.29 is 18.7 Å². The van der Waals surface area contributed by atoms with Gasteiger partial charge in [0.1, 0.15) is 5.82 Å². The molecule has 164 valence electrons. The highest BCUT2D eigenvalue weighted by molar-refractivity contribution is 5.83. The lowest BCUT2D eigenvalue weighted by Gasteiger charge is -2.36. The predicted molar refractivity (Wildman–Crippen MR) is 117 cm³/mol. The van der Waals surface area contributed by atoms with Gasteiger partial charge in [-0.05, 0) is 54.5 Å². The number of nitrogens with zero attached hydrogens (tertiary/aromatic N) is 1. The highest BCUT2D eigenvalue weighted by atomic mass is 19.1. The zero-order valence-corrected chi connectivity index (χ0v) is 17.7. The average Bonchev–Trinajstić information content (AvgIpc) is 3.19. The minimum Gasteiger partial charge on any atom is -0.381 e. The number of benzene rings is 2. The summed E-state index contributed by atoms with van der Waals surface area (Å²) in [6, 6.07) is 14.6. The van der Waals surface area contributed by atoms with Crippen molar-refractivity contribution in [1.29, 1.82) is 0 Å². The van der Waals surface area contributed by atoms with E-state index in [1.165, 1.54) is 12.1 Å². The van der Waals surface area contributed by atoms with Crippen LogP contribution in [0.4, 0.5) is 4.39 Å². The van der Waals surface area contributed by atoms with Crippen LogP contribution in [-0.2, 0) is 20.7 Å². The predicted octanol–water partition coefficient (Wildman–Crippen LogP) is 3.57. The van der Waals surface area contributed by atoms with E-state index in [-0.39, 0.29) is 17.6 Å². The minimum absolute atomic E-state index is 0.0367. The standard InChI is InChI=1S/C25H29FN2O3/c26-22-8-6-20(7-9-22)21-4-1-3-19(17-21)18-25(10-15-31-16-11-25)24(30)27-12-14-28-13-2-5-23(28)29/h1,3-4,6-9,17H,2,5,10-16,18H2,(H,27,30). The van der Waals surface area contributed by atoms with Gasteiger partial charge in [0.15, 0.2) is 0 Å². The SMILES string of the molecule is O=C1CCCN1CCNC(=O)C1(Cc2cccc(-c3ccc(F)cc3)c2)CCOCC1. The molecule has 31 heavy (non-hydrogen) atoms. The first-order valence-corrected chi connectivity index (χ1v) is 11.0. The molecule has 0 radical (unpaired) electrons. The van der Waals surface area contributed by atoms with Gasteiger partial charge in [-0.15, -0.1) is 0 Å². The van der Waals surface area contributed by atoms with Gasteiger partial charge < -0.3 is 15.0 Å². The monoisotopic (exact) mass is 424 g/mol. The van der Waals surface area contributed by atoms with Crippen molar-refractivity contribution in [3.8, 4) is 11.1 Å². The maximum Gasteiger partial charge on any atom is 0.226 e. The van der Waals surface area contributed by atoms with Crippen molar-refractivity contribution in [3.05, 3.63) is 59.9 Å². The Labute approximate surface area is 182 Å². The van der Waals surface area contributed by atoms with Crippen molar-refractivity contribution in [1.82, 2.24) is 10.2 Å². The molecule has 2 amide bonds. The first kappa shape index (κ1) is 21.5. The number of amides is 2. The van der Waals surface area contributed by atoms with E-state index in [0.29, 0.717) is 52.0 Å². The molecule has 2 saturated heterocycles. The Bertz CT molecular complexity index is 923. The summed E-state index contributed by atoms with van der Waals surface area (Å²) in [4.78, 5) is 26.9. The molecule has 0 atom stereocenters. The lowest BCUT2D eigenvalue weighted by molar-refractivity contribution is -0.137. The summed E-state index contributed by atoms with van der Waals surface area (Å²) in [6.45, 7) is 2.95. The molecule has 2 aliphatic rings. The van der Waals surface area contributed by atoms with Gasteiger partial charge in [0.05, 0.1) is 5.41 Å². The lowest BCUT2D eigenvalue weighted by Crippen LogP contribution is -2.48. The van der Waals surface area contributed by atoms with E-state index in [0.717, 1.165) is 29.7 Å². The Morgan fingerprint density at radius 2 is 1.87 bits per heavy atom. The lowest BCUT2D eigenvalue weighted by atomic mass is 9.74. The smallest absolute Gasteiger partial charge is 0.226 e. The molecule has 0 spiro atoms. The first-order valence-electron chi connectivity index (χ1n) is 11.0. The molecule has 0 saturated carbocycles. The molecule has 2 aromatic carbocycles. The van der Waals surface area contributed by atoms with Crippen LogP contribution in [0.5, 0.6) is 0 Å². The number of likely N-dealkylation sites (tertiary alicyclic amines) is 1. The van der Waals surface area contributed by atoms with E-state index in [1.807, 2.05) is 23.1 Å². The van der Waals surface area contributed by atoms with Gasteiger partial charge >= 0.3 is 0 Å². The molecule has 5 nitrogen and oxygen atoms in total. The second kappa shape index (κ2) is 9.60. The Kier molecular flexibility index (Phi) is 6.66. The Hall–Kier alpha value is -2.73. The first-order chi connectivity index (χ1) is 15.1. The van der Waals surface area contributed by atoms with Gasteiger partial charge in [-0.1, -0.05) is 36.4 Å². The van der Waals surface area contributed by atoms with E-state index in [2.05, 4.69) is 11.4 Å². The van der Waals surface area contributed by atoms with Crippen LogP contribution in [-0.4, -0.2) is 49.6 Å². The van der Waals surface area contributed by atoms with E-state index in [1.54, 1.807) is 12.1 Å². The molecule has 0 aromatic heterocycles. The fraction of sp³-hybridized carbons (Fsp3) is 0.440. The Balaban J connectivity index is 1.46. The van der Waals surface area contributed by atoms with Gasteiger partial charge in [0, 0.05) is 39.3 Å². The van der Waals surface area contributed by atoms with Gasteiger partial charge in [-0.25, -0.2) is 4.39 Å². The second-order valence-corrected chi connectivity index (χ2v) is 8.52. The van der Waals surface area contributed by atoms with Crippen molar-refractivity contribution in [2.24, 2.45) is 5.41 Å². The molecule has 2 aromatic rings. The number of ether oxygens (including phenoxy) is 1. The quantitative estimate of drug-likeness (QED) is 0.739. The minimum atomic E-state index is -0.519.